The molecule has 0 saturated carbocycles. The van der Waals surface area contributed by atoms with E-state index >= 15 is 0 Å². The van der Waals surface area contributed by atoms with Gasteiger partial charge >= 0.3 is 0 Å². The highest BCUT2D eigenvalue weighted by atomic mass is 16.3. The molecule has 1 aliphatic heterocycles. The molecule has 3 heterocycles. The highest BCUT2D eigenvalue weighted by Crippen LogP contribution is 2.44. The lowest BCUT2D eigenvalue weighted by molar-refractivity contribution is 0.0597. The molecule has 1 aliphatic carbocycles. The molecule has 1 amide bonds. The van der Waals surface area contributed by atoms with Crippen LogP contribution in [0.15, 0.2) is 27.5 Å². The van der Waals surface area contributed by atoms with Crippen LogP contribution in [0.3, 0.4) is 0 Å². The molecule has 7 nitrogen and oxygen atoms in total. The van der Waals surface area contributed by atoms with E-state index in [1.165, 1.54) is 17.7 Å². The first-order valence-corrected chi connectivity index (χ1v) is 9.33. The highest BCUT2D eigenvalue weighted by molar-refractivity contribution is 5.91. The first-order chi connectivity index (χ1) is 12.9. The summed E-state index contributed by atoms with van der Waals surface area (Å²) < 4.78 is 5.52. The topological polar surface area (TPSA) is 79.5 Å². The highest BCUT2D eigenvalue weighted by Gasteiger charge is 2.45. The molecule has 142 valence electrons. The van der Waals surface area contributed by atoms with E-state index in [-0.39, 0.29) is 22.5 Å². The average molecular weight is 368 g/mol. The van der Waals surface area contributed by atoms with E-state index in [0.29, 0.717) is 24.8 Å². The number of likely N-dealkylation sites (tertiary alicyclic amines) is 1. The van der Waals surface area contributed by atoms with E-state index in [0.717, 1.165) is 31.4 Å². The maximum absolute atomic E-state index is 13.0. The van der Waals surface area contributed by atoms with E-state index in [9.17, 15) is 9.59 Å². The average Bonchev–Trinajstić information content (AvgIpc) is 2.97. The molecule has 27 heavy (non-hydrogen) atoms. The summed E-state index contributed by atoms with van der Waals surface area (Å²) in [4.78, 5) is 37.7. The minimum absolute atomic E-state index is 0.118. The fourth-order valence-corrected chi connectivity index (χ4v) is 4.31. The number of carbonyl (C=O) groups is 1. The Morgan fingerprint density at radius 1 is 1.30 bits per heavy atom. The second-order valence-electron chi connectivity index (χ2n) is 7.82. The number of piperidine rings is 1. The van der Waals surface area contributed by atoms with Crippen LogP contribution in [0.5, 0.6) is 0 Å². The zero-order valence-corrected chi connectivity index (χ0v) is 16.0. The number of hydrogen-bond acceptors (Lipinski definition) is 6. The van der Waals surface area contributed by atoms with Gasteiger partial charge in [-0.2, -0.15) is 0 Å². The summed E-state index contributed by atoms with van der Waals surface area (Å²) in [7, 11) is 3.86. The standard InChI is InChI=1S/C20H24N4O3/c1-13-9-15(25)10-16(27-13)18(26)24-8-4-6-20(12-24)7-5-14-11-21-19(23(2)3)22-17(14)20/h9-11H,4-8,12H2,1-3H3. The first kappa shape index (κ1) is 17.7. The van der Waals surface area contributed by atoms with Gasteiger partial charge in [0.2, 0.25) is 5.95 Å². The first-order valence-electron chi connectivity index (χ1n) is 9.33. The Balaban J connectivity index is 1.65. The molecule has 0 radical (unpaired) electrons. The molecule has 1 atom stereocenters. The summed E-state index contributed by atoms with van der Waals surface area (Å²) in [6.45, 7) is 2.95. The van der Waals surface area contributed by atoms with Crippen molar-refractivity contribution in [3.8, 4) is 0 Å². The Bertz CT molecular complexity index is 948. The number of aryl methyl sites for hydroxylation is 2. The van der Waals surface area contributed by atoms with Gasteiger partial charge in [-0.05, 0) is 38.2 Å². The van der Waals surface area contributed by atoms with Crippen LogP contribution in [0.4, 0.5) is 5.95 Å². The summed E-state index contributed by atoms with van der Waals surface area (Å²) in [6, 6.07) is 2.67. The molecular weight excluding hydrogens is 344 g/mol. The fraction of sp³-hybridized carbons (Fsp3) is 0.500. The summed E-state index contributed by atoms with van der Waals surface area (Å²) in [6.07, 6.45) is 5.74. The van der Waals surface area contributed by atoms with Gasteiger partial charge in [-0.15, -0.1) is 0 Å². The van der Waals surface area contributed by atoms with Crippen molar-refractivity contribution >= 4 is 11.9 Å². The summed E-state index contributed by atoms with van der Waals surface area (Å²) >= 11 is 0. The molecule has 1 fully saturated rings. The Kier molecular flexibility index (Phi) is 4.25. The Morgan fingerprint density at radius 2 is 2.11 bits per heavy atom. The van der Waals surface area contributed by atoms with Crippen LogP contribution < -0.4 is 10.3 Å². The molecule has 7 heteroatoms. The molecule has 0 aromatic carbocycles. The van der Waals surface area contributed by atoms with Crippen molar-refractivity contribution in [2.24, 2.45) is 0 Å². The van der Waals surface area contributed by atoms with Crippen LogP contribution in [0.2, 0.25) is 0 Å². The Labute approximate surface area is 158 Å². The molecule has 2 aromatic rings. The lowest BCUT2D eigenvalue weighted by atomic mass is 9.77. The molecule has 2 aromatic heterocycles. The predicted octanol–water partition coefficient (Wildman–Crippen LogP) is 1.92. The Hall–Kier alpha value is -2.70. The van der Waals surface area contributed by atoms with Gasteiger partial charge in [0, 0.05) is 50.9 Å². The van der Waals surface area contributed by atoms with E-state index < -0.39 is 0 Å². The normalized spacial score (nSPS) is 21.4. The SMILES string of the molecule is Cc1cc(=O)cc(C(=O)N2CCCC3(CCc4cnc(N(C)C)nc43)C2)o1. The van der Waals surface area contributed by atoms with Crippen LogP contribution in [0.25, 0.3) is 0 Å². The third-order valence-corrected chi connectivity index (χ3v) is 5.59. The third-order valence-electron chi connectivity index (χ3n) is 5.59. The molecule has 4 rings (SSSR count). The van der Waals surface area contributed by atoms with Gasteiger partial charge in [0.1, 0.15) is 5.76 Å². The number of nitrogens with zero attached hydrogens (tertiary/aromatic N) is 4. The molecular formula is C20H24N4O3. The van der Waals surface area contributed by atoms with Crippen LogP contribution in [-0.2, 0) is 11.8 Å². The molecule has 2 aliphatic rings. The number of hydrogen-bond donors (Lipinski definition) is 0. The molecule has 0 bridgehead atoms. The monoisotopic (exact) mass is 368 g/mol. The number of fused-ring (bicyclic) bond motifs is 2. The van der Waals surface area contributed by atoms with Gasteiger partial charge in [-0.3, -0.25) is 9.59 Å². The van der Waals surface area contributed by atoms with Crippen LogP contribution in [0.1, 0.15) is 46.8 Å². The zero-order chi connectivity index (χ0) is 19.2. The van der Waals surface area contributed by atoms with Crippen LogP contribution in [0, 0.1) is 6.92 Å². The van der Waals surface area contributed by atoms with Gasteiger partial charge in [0.25, 0.3) is 5.91 Å². The van der Waals surface area contributed by atoms with Crippen molar-refractivity contribution in [2.45, 2.75) is 38.0 Å². The van der Waals surface area contributed by atoms with Crippen molar-refractivity contribution < 1.29 is 9.21 Å². The fourth-order valence-electron chi connectivity index (χ4n) is 4.31. The summed E-state index contributed by atoms with van der Waals surface area (Å²) in [5, 5.41) is 0. The van der Waals surface area contributed by atoms with Crippen molar-refractivity contribution in [1.29, 1.82) is 0 Å². The van der Waals surface area contributed by atoms with Crippen LogP contribution in [-0.4, -0.2) is 48.0 Å². The van der Waals surface area contributed by atoms with Gasteiger partial charge in [-0.25, -0.2) is 9.97 Å². The number of amides is 1. The molecule has 1 spiro atoms. The lowest BCUT2D eigenvalue weighted by Crippen LogP contribution is -2.48. The van der Waals surface area contributed by atoms with Gasteiger partial charge < -0.3 is 14.2 Å². The van der Waals surface area contributed by atoms with Crippen LogP contribution >= 0.6 is 0 Å². The summed E-state index contributed by atoms with van der Waals surface area (Å²) in [5.74, 6) is 1.05. The largest absolute Gasteiger partial charge is 0.456 e. The third kappa shape index (κ3) is 3.11. The molecule has 1 saturated heterocycles. The minimum Gasteiger partial charge on any atom is -0.456 e. The number of carbonyl (C=O) groups excluding carboxylic acids is 1. The van der Waals surface area contributed by atoms with Crippen molar-refractivity contribution in [3.05, 3.63) is 51.3 Å². The lowest BCUT2D eigenvalue weighted by Gasteiger charge is -2.40. The van der Waals surface area contributed by atoms with Gasteiger partial charge in [0.05, 0.1) is 5.69 Å². The maximum atomic E-state index is 13.0. The number of rotatable bonds is 2. The van der Waals surface area contributed by atoms with E-state index in [1.807, 2.05) is 30.1 Å². The maximum Gasteiger partial charge on any atom is 0.289 e. The zero-order valence-electron chi connectivity index (χ0n) is 16.0. The van der Waals surface area contributed by atoms with E-state index in [4.69, 9.17) is 9.40 Å². The Morgan fingerprint density at radius 3 is 2.85 bits per heavy atom. The molecule has 1 unspecified atom stereocenters. The predicted molar refractivity (Wildman–Crippen MR) is 101 cm³/mol. The number of anilines is 1. The minimum atomic E-state index is -0.217. The number of aromatic nitrogens is 2. The van der Waals surface area contributed by atoms with Crippen molar-refractivity contribution in [3.63, 3.8) is 0 Å². The van der Waals surface area contributed by atoms with Gasteiger partial charge in [-0.1, -0.05) is 0 Å². The smallest absolute Gasteiger partial charge is 0.289 e. The second-order valence-corrected chi connectivity index (χ2v) is 7.82. The van der Waals surface area contributed by atoms with Crippen molar-refractivity contribution in [2.75, 3.05) is 32.1 Å². The quantitative estimate of drug-likeness (QED) is 0.806. The van der Waals surface area contributed by atoms with E-state index in [1.54, 1.807) is 6.92 Å². The van der Waals surface area contributed by atoms with E-state index in [2.05, 4.69) is 4.98 Å². The summed E-state index contributed by atoms with van der Waals surface area (Å²) in [5.41, 5.74) is 1.91. The van der Waals surface area contributed by atoms with Crippen molar-refractivity contribution in [1.82, 2.24) is 14.9 Å². The second kappa shape index (κ2) is 6.48. The molecule has 0 N–H and O–H groups in total. The van der Waals surface area contributed by atoms with Gasteiger partial charge in [0.15, 0.2) is 11.2 Å².